The Morgan fingerprint density at radius 2 is 2.06 bits per heavy atom. The van der Waals surface area contributed by atoms with Crippen LogP contribution in [0, 0.1) is 0 Å². The summed E-state index contributed by atoms with van der Waals surface area (Å²) < 4.78 is 1.04. The molecule has 1 aliphatic heterocycles. The van der Waals surface area contributed by atoms with Gasteiger partial charge in [-0.1, -0.05) is 33.6 Å². The average Bonchev–Trinajstić information content (AvgIpc) is 2.33. The monoisotopic (exact) mass is 330 g/mol. The minimum Gasteiger partial charge on any atom is -0.306 e. The summed E-state index contributed by atoms with van der Waals surface area (Å²) in [5.41, 5.74) is 1.21. The second-order valence-corrected chi connectivity index (χ2v) is 6.51. The standard InChI is InChI=1S/C14H20BrClN2/c1-17-7-5-13(6-8-17)18(2)10-11-3-4-12(15)9-14(11)16/h3-4,9,13H,5-8,10H2,1-2H3. The van der Waals surface area contributed by atoms with E-state index in [0.29, 0.717) is 6.04 Å². The van der Waals surface area contributed by atoms with Gasteiger partial charge in [0.25, 0.3) is 0 Å². The van der Waals surface area contributed by atoms with Gasteiger partial charge in [0.1, 0.15) is 0 Å². The van der Waals surface area contributed by atoms with E-state index in [2.05, 4.69) is 52.0 Å². The zero-order valence-corrected chi connectivity index (χ0v) is 13.3. The Balaban J connectivity index is 1.96. The second kappa shape index (κ2) is 6.38. The van der Waals surface area contributed by atoms with Gasteiger partial charge in [-0.3, -0.25) is 4.90 Å². The second-order valence-electron chi connectivity index (χ2n) is 5.19. The van der Waals surface area contributed by atoms with Gasteiger partial charge in [0.05, 0.1) is 0 Å². The molecule has 1 aromatic rings. The summed E-state index contributed by atoms with van der Waals surface area (Å²) in [4.78, 5) is 4.83. The van der Waals surface area contributed by atoms with E-state index in [1.807, 2.05) is 6.07 Å². The van der Waals surface area contributed by atoms with Gasteiger partial charge in [0, 0.05) is 22.1 Å². The molecule has 4 heteroatoms. The van der Waals surface area contributed by atoms with E-state index >= 15 is 0 Å². The predicted octanol–water partition coefficient (Wildman–Crippen LogP) is 3.63. The first kappa shape index (κ1) is 14.3. The lowest BCUT2D eigenvalue weighted by Crippen LogP contribution is -2.41. The number of nitrogens with zero attached hydrogens (tertiary/aromatic N) is 2. The van der Waals surface area contributed by atoms with Crippen molar-refractivity contribution in [3.63, 3.8) is 0 Å². The molecule has 1 saturated heterocycles. The van der Waals surface area contributed by atoms with E-state index in [0.717, 1.165) is 16.0 Å². The maximum Gasteiger partial charge on any atom is 0.0462 e. The molecule has 0 N–H and O–H groups in total. The molecule has 0 atom stereocenters. The number of piperidine rings is 1. The number of hydrogen-bond donors (Lipinski definition) is 0. The van der Waals surface area contributed by atoms with Crippen LogP contribution in [0.3, 0.4) is 0 Å². The minimum atomic E-state index is 0.681. The molecule has 1 aromatic carbocycles. The topological polar surface area (TPSA) is 6.48 Å². The van der Waals surface area contributed by atoms with Crippen LogP contribution in [-0.2, 0) is 6.54 Å². The third kappa shape index (κ3) is 3.70. The van der Waals surface area contributed by atoms with Crippen LogP contribution in [0.15, 0.2) is 22.7 Å². The van der Waals surface area contributed by atoms with E-state index in [-0.39, 0.29) is 0 Å². The smallest absolute Gasteiger partial charge is 0.0462 e. The van der Waals surface area contributed by atoms with Gasteiger partial charge in [-0.15, -0.1) is 0 Å². The Hall–Kier alpha value is -0.0900. The van der Waals surface area contributed by atoms with Crippen LogP contribution < -0.4 is 0 Å². The van der Waals surface area contributed by atoms with Gasteiger partial charge in [-0.2, -0.15) is 0 Å². The molecule has 0 amide bonds. The molecule has 1 heterocycles. The van der Waals surface area contributed by atoms with Crippen molar-refractivity contribution in [2.45, 2.75) is 25.4 Å². The van der Waals surface area contributed by atoms with Crippen LogP contribution >= 0.6 is 27.5 Å². The number of hydrogen-bond acceptors (Lipinski definition) is 2. The highest BCUT2D eigenvalue weighted by Crippen LogP contribution is 2.24. The first-order chi connectivity index (χ1) is 8.56. The van der Waals surface area contributed by atoms with Gasteiger partial charge in [0.2, 0.25) is 0 Å². The van der Waals surface area contributed by atoms with Gasteiger partial charge in [-0.25, -0.2) is 0 Å². The lowest BCUT2D eigenvalue weighted by atomic mass is 10.0. The molecule has 0 spiro atoms. The largest absolute Gasteiger partial charge is 0.306 e. The summed E-state index contributed by atoms with van der Waals surface area (Å²) in [5.74, 6) is 0. The summed E-state index contributed by atoms with van der Waals surface area (Å²) in [6.45, 7) is 3.33. The molecular weight excluding hydrogens is 312 g/mol. The maximum absolute atomic E-state index is 6.27. The Bertz CT molecular complexity index is 403. The molecular formula is C14H20BrClN2. The van der Waals surface area contributed by atoms with E-state index < -0.39 is 0 Å². The van der Waals surface area contributed by atoms with E-state index in [9.17, 15) is 0 Å². The molecule has 0 aliphatic carbocycles. The number of benzene rings is 1. The average molecular weight is 332 g/mol. The van der Waals surface area contributed by atoms with Gasteiger partial charge in [0.15, 0.2) is 0 Å². The lowest BCUT2D eigenvalue weighted by molar-refractivity contribution is 0.139. The molecule has 1 aliphatic rings. The SMILES string of the molecule is CN1CCC(N(C)Cc2ccc(Br)cc2Cl)CC1. The van der Waals surface area contributed by atoms with E-state index in [4.69, 9.17) is 11.6 Å². The molecule has 0 aromatic heterocycles. The van der Waals surface area contributed by atoms with E-state index in [1.54, 1.807) is 0 Å². The molecule has 0 bridgehead atoms. The van der Waals surface area contributed by atoms with Gasteiger partial charge >= 0.3 is 0 Å². The van der Waals surface area contributed by atoms with Crippen molar-refractivity contribution in [3.8, 4) is 0 Å². The zero-order chi connectivity index (χ0) is 13.1. The summed E-state index contributed by atoms with van der Waals surface area (Å²) in [7, 11) is 4.40. The number of likely N-dealkylation sites (tertiary alicyclic amines) is 1. The van der Waals surface area contributed by atoms with Crippen molar-refractivity contribution in [2.24, 2.45) is 0 Å². The highest BCUT2D eigenvalue weighted by molar-refractivity contribution is 9.10. The molecule has 2 nitrogen and oxygen atoms in total. The molecule has 2 rings (SSSR count). The fourth-order valence-corrected chi connectivity index (χ4v) is 3.22. The van der Waals surface area contributed by atoms with Crippen molar-refractivity contribution in [1.82, 2.24) is 9.80 Å². The van der Waals surface area contributed by atoms with E-state index in [1.165, 1.54) is 31.5 Å². The zero-order valence-electron chi connectivity index (χ0n) is 11.0. The molecule has 0 saturated carbocycles. The van der Waals surface area contributed by atoms with Crippen LogP contribution in [0.5, 0.6) is 0 Å². The highest BCUT2D eigenvalue weighted by Gasteiger charge is 2.20. The Labute approximate surface area is 123 Å². The van der Waals surface area contributed by atoms with Crippen LogP contribution in [0.25, 0.3) is 0 Å². The summed E-state index contributed by atoms with van der Waals surface area (Å²) in [6, 6.07) is 6.82. The Morgan fingerprint density at radius 1 is 1.39 bits per heavy atom. The third-order valence-electron chi connectivity index (χ3n) is 3.75. The van der Waals surface area contributed by atoms with Crippen LogP contribution in [0.2, 0.25) is 5.02 Å². The van der Waals surface area contributed by atoms with Crippen molar-refractivity contribution >= 4 is 27.5 Å². The third-order valence-corrected chi connectivity index (χ3v) is 4.59. The van der Waals surface area contributed by atoms with Gasteiger partial charge < -0.3 is 4.90 Å². The lowest BCUT2D eigenvalue weighted by Gasteiger charge is -2.35. The highest BCUT2D eigenvalue weighted by atomic mass is 79.9. The maximum atomic E-state index is 6.27. The molecule has 1 fully saturated rings. The van der Waals surface area contributed by atoms with Crippen molar-refractivity contribution in [1.29, 1.82) is 0 Å². The van der Waals surface area contributed by atoms with Crippen LogP contribution in [-0.4, -0.2) is 43.0 Å². The van der Waals surface area contributed by atoms with Crippen LogP contribution in [0.1, 0.15) is 18.4 Å². The number of halogens is 2. The Morgan fingerprint density at radius 3 is 2.67 bits per heavy atom. The molecule has 18 heavy (non-hydrogen) atoms. The fourth-order valence-electron chi connectivity index (χ4n) is 2.48. The van der Waals surface area contributed by atoms with Gasteiger partial charge in [-0.05, 0) is 57.7 Å². The quantitative estimate of drug-likeness (QED) is 0.834. The Kier molecular flexibility index (Phi) is 5.07. The molecule has 0 radical (unpaired) electrons. The van der Waals surface area contributed by atoms with Crippen molar-refractivity contribution in [2.75, 3.05) is 27.2 Å². The fraction of sp³-hybridized carbons (Fsp3) is 0.571. The number of rotatable bonds is 3. The first-order valence-electron chi connectivity index (χ1n) is 6.39. The molecule has 0 unspecified atom stereocenters. The summed E-state index contributed by atoms with van der Waals surface area (Å²) >= 11 is 9.71. The van der Waals surface area contributed by atoms with Crippen molar-refractivity contribution in [3.05, 3.63) is 33.3 Å². The van der Waals surface area contributed by atoms with Crippen LogP contribution in [0.4, 0.5) is 0 Å². The summed E-state index contributed by atoms with van der Waals surface area (Å²) in [5, 5.41) is 0.851. The normalized spacial score (nSPS) is 18.5. The predicted molar refractivity (Wildman–Crippen MR) is 81.1 cm³/mol. The summed E-state index contributed by atoms with van der Waals surface area (Å²) in [6.07, 6.45) is 2.50. The van der Waals surface area contributed by atoms with Crippen molar-refractivity contribution < 1.29 is 0 Å². The first-order valence-corrected chi connectivity index (χ1v) is 7.56. The minimum absolute atomic E-state index is 0.681. The molecule has 100 valence electrons.